The molecule has 126 valence electrons. The Kier molecular flexibility index (Phi) is 4.85. The van der Waals surface area contributed by atoms with Crippen LogP contribution in [0.3, 0.4) is 0 Å². The van der Waals surface area contributed by atoms with Gasteiger partial charge in [0.05, 0.1) is 11.1 Å². The fraction of sp³-hybridized carbons (Fsp3) is 0.333. The predicted octanol–water partition coefficient (Wildman–Crippen LogP) is 3.44. The number of carbonyl (C=O) groups is 1. The number of carbonyl (C=O) groups excluding carboxylic acids is 1. The molecule has 2 aromatic rings. The van der Waals surface area contributed by atoms with Crippen LogP contribution < -0.4 is 5.43 Å². The molecule has 1 heterocycles. The standard InChI is InChI=1S/C18H20N2O3S/c1-2-11-4-6-16-13(7-11)9-17(24-16)18(23)20-19-10-12-3-5-14(21)15(22)8-12/h3,5,8-11,21-22H,2,4,6-7H2,1H3,(H,20,23). The number of benzene rings is 1. The quantitative estimate of drug-likeness (QED) is 0.451. The lowest BCUT2D eigenvalue weighted by atomic mass is 9.87. The van der Waals surface area contributed by atoms with Crippen molar-refractivity contribution in [3.63, 3.8) is 0 Å². The summed E-state index contributed by atoms with van der Waals surface area (Å²) in [5.41, 5.74) is 4.40. The van der Waals surface area contributed by atoms with E-state index in [0.29, 0.717) is 10.4 Å². The fourth-order valence-electron chi connectivity index (χ4n) is 2.90. The number of hydrogen-bond donors (Lipinski definition) is 3. The predicted molar refractivity (Wildman–Crippen MR) is 95.0 cm³/mol. The molecule has 0 spiro atoms. The van der Waals surface area contributed by atoms with Gasteiger partial charge in [-0.25, -0.2) is 5.43 Å². The van der Waals surface area contributed by atoms with Crippen LogP contribution >= 0.6 is 11.3 Å². The van der Waals surface area contributed by atoms with Gasteiger partial charge in [-0.05, 0) is 60.6 Å². The summed E-state index contributed by atoms with van der Waals surface area (Å²) >= 11 is 1.55. The highest BCUT2D eigenvalue weighted by atomic mass is 32.1. The number of phenolic OH excluding ortho intramolecular Hbond substituents is 2. The van der Waals surface area contributed by atoms with Gasteiger partial charge in [-0.2, -0.15) is 5.10 Å². The van der Waals surface area contributed by atoms with E-state index >= 15 is 0 Å². The number of hydrazone groups is 1. The molecule has 1 amide bonds. The average Bonchev–Trinajstić information content (AvgIpc) is 3.01. The van der Waals surface area contributed by atoms with Gasteiger partial charge in [0.15, 0.2) is 11.5 Å². The number of fused-ring (bicyclic) bond motifs is 1. The van der Waals surface area contributed by atoms with Gasteiger partial charge >= 0.3 is 0 Å². The molecule has 1 aromatic heterocycles. The Morgan fingerprint density at radius 2 is 2.21 bits per heavy atom. The van der Waals surface area contributed by atoms with E-state index in [1.165, 1.54) is 41.6 Å². The number of thiophene rings is 1. The number of rotatable bonds is 4. The first-order chi connectivity index (χ1) is 11.6. The van der Waals surface area contributed by atoms with Crippen LogP contribution in [0.25, 0.3) is 0 Å². The number of nitrogens with one attached hydrogen (secondary N) is 1. The SMILES string of the molecule is CCC1CCc2sc(C(=O)NN=Cc3ccc(O)c(O)c3)cc2C1. The molecule has 3 N–H and O–H groups in total. The van der Waals surface area contributed by atoms with Gasteiger partial charge in [-0.3, -0.25) is 4.79 Å². The summed E-state index contributed by atoms with van der Waals surface area (Å²) in [6, 6.07) is 6.33. The van der Waals surface area contributed by atoms with Gasteiger partial charge in [-0.1, -0.05) is 13.3 Å². The minimum Gasteiger partial charge on any atom is -0.504 e. The second kappa shape index (κ2) is 7.05. The van der Waals surface area contributed by atoms with Gasteiger partial charge in [0.1, 0.15) is 0 Å². The summed E-state index contributed by atoms with van der Waals surface area (Å²) in [5, 5.41) is 22.6. The molecule has 6 heteroatoms. The zero-order valence-corrected chi connectivity index (χ0v) is 14.3. The lowest BCUT2D eigenvalue weighted by Gasteiger charge is -2.19. The Bertz CT molecular complexity index is 783. The lowest BCUT2D eigenvalue weighted by Crippen LogP contribution is -2.16. The van der Waals surface area contributed by atoms with Crippen LogP contribution in [0, 0.1) is 5.92 Å². The van der Waals surface area contributed by atoms with E-state index in [9.17, 15) is 15.0 Å². The first-order valence-electron chi connectivity index (χ1n) is 8.03. The average molecular weight is 344 g/mol. The molecule has 5 nitrogen and oxygen atoms in total. The van der Waals surface area contributed by atoms with E-state index in [1.807, 2.05) is 6.07 Å². The Morgan fingerprint density at radius 3 is 2.96 bits per heavy atom. The highest BCUT2D eigenvalue weighted by Gasteiger charge is 2.21. The number of aromatic hydroxyl groups is 2. The zero-order chi connectivity index (χ0) is 17.1. The summed E-state index contributed by atoms with van der Waals surface area (Å²) in [6.07, 6.45) is 5.93. The molecule has 1 aliphatic carbocycles. The van der Waals surface area contributed by atoms with Crippen molar-refractivity contribution >= 4 is 23.5 Å². The smallest absolute Gasteiger partial charge is 0.281 e. The molecule has 1 unspecified atom stereocenters. The van der Waals surface area contributed by atoms with E-state index in [4.69, 9.17) is 0 Å². The highest BCUT2D eigenvalue weighted by molar-refractivity contribution is 7.14. The fourth-order valence-corrected chi connectivity index (χ4v) is 4.00. The molecule has 1 aromatic carbocycles. The number of phenols is 2. The second-order valence-corrected chi connectivity index (χ2v) is 7.16. The van der Waals surface area contributed by atoms with Gasteiger partial charge in [-0.15, -0.1) is 11.3 Å². The number of hydrogen-bond acceptors (Lipinski definition) is 5. The van der Waals surface area contributed by atoms with Gasteiger partial charge in [0.2, 0.25) is 0 Å². The molecule has 0 fully saturated rings. The van der Waals surface area contributed by atoms with Crippen LogP contribution in [-0.4, -0.2) is 22.3 Å². The minimum absolute atomic E-state index is 0.189. The van der Waals surface area contributed by atoms with Gasteiger partial charge in [0, 0.05) is 4.88 Å². The molecule has 1 aliphatic rings. The third-order valence-corrected chi connectivity index (χ3v) is 5.60. The minimum atomic E-state index is -0.221. The maximum absolute atomic E-state index is 12.2. The molecule has 0 radical (unpaired) electrons. The van der Waals surface area contributed by atoms with Crippen molar-refractivity contribution in [3.8, 4) is 11.5 Å². The number of aryl methyl sites for hydroxylation is 1. The summed E-state index contributed by atoms with van der Waals surface area (Å²) in [6.45, 7) is 2.21. The monoisotopic (exact) mass is 344 g/mol. The van der Waals surface area contributed by atoms with Crippen LogP contribution in [-0.2, 0) is 12.8 Å². The molecule has 0 saturated heterocycles. The lowest BCUT2D eigenvalue weighted by molar-refractivity contribution is 0.0959. The van der Waals surface area contributed by atoms with Gasteiger partial charge in [0.25, 0.3) is 5.91 Å². The van der Waals surface area contributed by atoms with Crippen molar-refractivity contribution < 1.29 is 15.0 Å². The summed E-state index contributed by atoms with van der Waals surface area (Å²) in [4.78, 5) is 14.2. The van der Waals surface area contributed by atoms with Crippen LogP contribution in [0.5, 0.6) is 11.5 Å². The van der Waals surface area contributed by atoms with Crippen molar-refractivity contribution in [2.75, 3.05) is 0 Å². The van der Waals surface area contributed by atoms with Crippen LogP contribution in [0.4, 0.5) is 0 Å². The van der Waals surface area contributed by atoms with Gasteiger partial charge < -0.3 is 10.2 Å². The van der Waals surface area contributed by atoms with E-state index in [1.54, 1.807) is 17.4 Å². The van der Waals surface area contributed by atoms with Crippen molar-refractivity contribution in [2.45, 2.75) is 32.6 Å². The normalized spacial score (nSPS) is 17.0. The Balaban J connectivity index is 1.64. The molecule has 24 heavy (non-hydrogen) atoms. The highest BCUT2D eigenvalue weighted by Crippen LogP contribution is 2.33. The van der Waals surface area contributed by atoms with E-state index in [2.05, 4.69) is 17.5 Å². The van der Waals surface area contributed by atoms with Crippen molar-refractivity contribution in [3.05, 3.63) is 45.1 Å². The van der Waals surface area contributed by atoms with Crippen molar-refractivity contribution in [1.29, 1.82) is 0 Å². The van der Waals surface area contributed by atoms with E-state index < -0.39 is 0 Å². The molecule has 0 bridgehead atoms. The first kappa shape index (κ1) is 16.5. The maximum Gasteiger partial charge on any atom is 0.281 e. The zero-order valence-electron chi connectivity index (χ0n) is 13.5. The third-order valence-electron chi connectivity index (χ3n) is 4.37. The van der Waals surface area contributed by atoms with Crippen LogP contribution in [0.2, 0.25) is 0 Å². The topological polar surface area (TPSA) is 81.9 Å². The Labute approximate surface area is 144 Å². The summed E-state index contributed by atoms with van der Waals surface area (Å²) in [7, 11) is 0. The number of amides is 1. The largest absolute Gasteiger partial charge is 0.504 e. The maximum atomic E-state index is 12.2. The Morgan fingerprint density at radius 1 is 1.38 bits per heavy atom. The van der Waals surface area contributed by atoms with E-state index in [-0.39, 0.29) is 17.4 Å². The number of nitrogens with zero attached hydrogens (tertiary/aromatic N) is 1. The van der Waals surface area contributed by atoms with Crippen LogP contribution in [0.15, 0.2) is 29.4 Å². The van der Waals surface area contributed by atoms with E-state index in [0.717, 1.165) is 18.8 Å². The van der Waals surface area contributed by atoms with Crippen LogP contribution in [0.1, 0.15) is 45.4 Å². The van der Waals surface area contributed by atoms with Crippen molar-refractivity contribution in [2.24, 2.45) is 11.0 Å². The first-order valence-corrected chi connectivity index (χ1v) is 8.85. The molecule has 1 atom stereocenters. The molecule has 0 aliphatic heterocycles. The summed E-state index contributed by atoms with van der Waals surface area (Å²) in [5.74, 6) is 0.0947. The third kappa shape index (κ3) is 3.59. The molecular weight excluding hydrogens is 324 g/mol. The van der Waals surface area contributed by atoms with Crippen molar-refractivity contribution in [1.82, 2.24) is 5.43 Å². The summed E-state index contributed by atoms with van der Waals surface area (Å²) < 4.78 is 0. The second-order valence-electron chi connectivity index (χ2n) is 6.02. The Hall–Kier alpha value is -2.34. The molecular formula is C18H20N2O3S. The molecule has 3 rings (SSSR count). The molecule has 0 saturated carbocycles.